The lowest BCUT2D eigenvalue weighted by atomic mass is 9.96. The maximum absolute atomic E-state index is 12.3. The predicted octanol–water partition coefficient (Wildman–Crippen LogP) is 3.35. The van der Waals surface area contributed by atoms with Crippen LogP contribution in [-0.2, 0) is 0 Å². The van der Waals surface area contributed by atoms with Gasteiger partial charge in [-0.2, -0.15) is 0 Å². The number of nitrogens with one attached hydrogen (secondary N) is 1. The van der Waals surface area contributed by atoms with E-state index in [1.165, 1.54) is 12.5 Å². The summed E-state index contributed by atoms with van der Waals surface area (Å²) in [4.78, 5) is 25.1. The number of nitrogens with zero attached hydrogens (tertiary/aromatic N) is 1. The number of hydrogen-bond donors (Lipinski definition) is 2. The van der Waals surface area contributed by atoms with Gasteiger partial charge in [0.25, 0.3) is 0 Å². The van der Waals surface area contributed by atoms with Gasteiger partial charge in [0.05, 0.1) is 5.56 Å². The first-order valence-electron chi connectivity index (χ1n) is 7.41. The Morgan fingerprint density at radius 3 is 2.81 bits per heavy atom. The van der Waals surface area contributed by atoms with E-state index in [2.05, 4.69) is 12.2 Å². The van der Waals surface area contributed by atoms with Gasteiger partial charge in [-0.05, 0) is 49.4 Å². The van der Waals surface area contributed by atoms with Crippen LogP contribution in [0.1, 0.15) is 42.1 Å². The SMILES string of the molecule is CCC1CCCN(C(=O)Nc2ccc(C(=O)O)c(C)c2)C1. The molecule has 5 nitrogen and oxygen atoms in total. The lowest BCUT2D eigenvalue weighted by Crippen LogP contribution is -2.42. The summed E-state index contributed by atoms with van der Waals surface area (Å²) < 4.78 is 0. The molecule has 1 aliphatic heterocycles. The summed E-state index contributed by atoms with van der Waals surface area (Å²) in [6.45, 7) is 5.47. The Labute approximate surface area is 125 Å². The lowest BCUT2D eigenvalue weighted by Gasteiger charge is -2.32. The van der Waals surface area contributed by atoms with Crippen molar-refractivity contribution in [3.63, 3.8) is 0 Å². The third-order valence-electron chi connectivity index (χ3n) is 4.09. The summed E-state index contributed by atoms with van der Waals surface area (Å²) in [5, 5.41) is 11.9. The fourth-order valence-electron chi connectivity index (χ4n) is 2.77. The van der Waals surface area contributed by atoms with Crippen molar-refractivity contribution in [3.8, 4) is 0 Å². The second-order valence-corrected chi connectivity index (χ2v) is 5.63. The Morgan fingerprint density at radius 1 is 1.43 bits per heavy atom. The van der Waals surface area contributed by atoms with Gasteiger partial charge in [0.15, 0.2) is 0 Å². The first-order chi connectivity index (χ1) is 10.0. The van der Waals surface area contributed by atoms with Gasteiger partial charge in [-0.15, -0.1) is 0 Å². The highest BCUT2D eigenvalue weighted by atomic mass is 16.4. The number of carbonyl (C=O) groups excluding carboxylic acids is 1. The average molecular weight is 290 g/mol. The molecule has 0 aliphatic carbocycles. The van der Waals surface area contributed by atoms with Gasteiger partial charge in [-0.25, -0.2) is 9.59 Å². The van der Waals surface area contributed by atoms with E-state index in [1.807, 2.05) is 4.90 Å². The maximum atomic E-state index is 12.3. The molecule has 2 N–H and O–H groups in total. The molecular formula is C16H22N2O3. The van der Waals surface area contributed by atoms with Crippen LogP contribution in [-0.4, -0.2) is 35.1 Å². The smallest absolute Gasteiger partial charge is 0.335 e. The predicted molar refractivity (Wildman–Crippen MR) is 81.7 cm³/mol. The van der Waals surface area contributed by atoms with Crippen LogP contribution in [0.5, 0.6) is 0 Å². The van der Waals surface area contributed by atoms with E-state index in [0.717, 1.165) is 25.9 Å². The molecule has 0 spiro atoms. The van der Waals surface area contributed by atoms with Crippen LogP contribution in [0.15, 0.2) is 18.2 Å². The molecule has 0 saturated carbocycles. The van der Waals surface area contributed by atoms with E-state index in [0.29, 0.717) is 17.2 Å². The molecule has 114 valence electrons. The molecule has 2 rings (SSSR count). The number of piperidine rings is 1. The quantitative estimate of drug-likeness (QED) is 0.897. The first kappa shape index (κ1) is 15.4. The molecule has 0 radical (unpaired) electrons. The number of carboxylic acids is 1. The molecule has 1 aromatic rings. The van der Waals surface area contributed by atoms with Gasteiger partial charge in [-0.3, -0.25) is 0 Å². The lowest BCUT2D eigenvalue weighted by molar-refractivity contribution is 0.0696. The van der Waals surface area contributed by atoms with E-state index in [9.17, 15) is 9.59 Å². The van der Waals surface area contributed by atoms with Crippen LogP contribution >= 0.6 is 0 Å². The molecule has 5 heteroatoms. The zero-order valence-electron chi connectivity index (χ0n) is 12.6. The third kappa shape index (κ3) is 3.74. The standard InChI is InChI=1S/C16H22N2O3/c1-3-12-5-4-8-18(10-12)16(21)17-13-6-7-14(15(19)20)11(2)9-13/h6-7,9,12H,3-5,8,10H2,1-2H3,(H,17,21)(H,19,20). The number of carboxylic acid groups (broad SMARTS) is 1. The topological polar surface area (TPSA) is 69.6 Å². The van der Waals surface area contributed by atoms with Crippen LogP contribution in [0.2, 0.25) is 0 Å². The summed E-state index contributed by atoms with van der Waals surface area (Å²) in [5.41, 5.74) is 1.54. The third-order valence-corrected chi connectivity index (χ3v) is 4.09. The summed E-state index contributed by atoms with van der Waals surface area (Å²) in [5.74, 6) is -0.368. The maximum Gasteiger partial charge on any atom is 0.335 e. The highest BCUT2D eigenvalue weighted by molar-refractivity contribution is 5.92. The van der Waals surface area contributed by atoms with Crippen molar-refractivity contribution in [1.82, 2.24) is 4.90 Å². The number of aryl methyl sites for hydroxylation is 1. The highest BCUT2D eigenvalue weighted by Crippen LogP contribution is 2.21. The Balaban J connectivity index is 2.02. The number of rotatable bonds is 3. The molecule has 0 aromatic heterocycles. The van der Waals surface area contributed by atoms with Gasteiger partial charge < -0.3 is 15.3 Å². The molecule has 1 aromatic carbocycles. The first-order valence-corrected chi connectivity index (χ1v) is 7.41. The van der Waals surface area contributed by atoms with Crippen LogP contribution in [0.4, 0.5) is 10.5 Å². The number of anilines is 1. The van der Waals surface area contributed by atoms with Crippen LogP contribution in [0.3, 0.4) is 0 Å². The summed E-state index contributed by atoms with van der Waals surface area (Å²) in [6, 6.07) is 4.76. The van der Waals surface area contributed by atoms with Gasteiger partial charge in [0.2, 0.25) is 0 Å². The van der Waals surface area contributed by atoms with E-state index < -0.39 is 5.97 Å². The molecule has 0 bridgehead atoms. The van der Waals surface area contributed by atoms with Crippen LogP contribution < -0.4 is 5.32 Å². The summed E-state index contributed by atoms with van der Waals surface area (Å²) >= 11 is 0. The van der Waals surface area contributed by atoms with E-state index in [1.54, 1.807) is 19.1 Å². The van der Waals surface area contributed by atoms with Crippen molar-refractivity contribution in [2.45, 2.75) is 33.1 Å². The minimum absolute atomic E-state index is 0.101. The molecule has 1 saturated heterocycles. The minimum Gasteiger partial charge on any atom is -0.478 e. The number of likely N-dealkylation sites (tertiary alicyclic amines) is 1. The minimum atomic E-state index is -0.952. The van der Waals surface area contributed by atoms with E-state index in [-0.39, 0.29) is 11.6 Å². The molecule has 1 fully saturated rings. The largest absolute Gasteiger partial charge is 0.478 e. The van der Waals surface area contributed by atoms with Crippen molar-refractivity contribution < 1.29 is 14.7 Å². The molecule has 1 aliphatic rings. The number of carbonyl (C=O) groups is 2. The number of benzene rings is 1. The average Bonchev–Trinajstić information content (AvgIpc) is 2.47. The van der Waals surface area contributed by atoms with E-state index in [4.69, 9.17) is 5.11 Å². The molecule has 1 unspecified atom stereocenters. The zero-order chi connectivity index (χ0) is 15.4. The molecular weight excluding hydrogens is 268 g/mol. The van der Waals surface area contributed by atoms with Gasteiger partial charge >= 0.3 is 12.0 Å². The normalized spacial score (nSPS) is 18.4. The monoisotopic (exact) mass is 290 g/mol. The molecule has 1 atom stereocenters. The molecule has 2 amide bonds. The Bertz CT molecular complexity index is 542. The number of urea groups is 1. The fourth-order valence-corrected chi connectivity index (χ4v) is 2.77. The van der Waals surface area contributed by atoms with E-state index >= 15 is 0 Å². The van der Waals surface area contributed by atoms with Crippen molar-refractivity contribution in [2.75, 3.05) is 18.4 Å². The second kappa shape index (κ2) is 6.61. The van der Waals surface area contributed by atoms with Crippen LogP contribution in [0, 0.1) is 12.8 Å². The Morgan fingerprint density at radius 2 is 2.19 bits per heavy atom. The van der Waals surface area contributed by atoms with Crippen molar-refractivity contribution in [2.24, 2.45) is 5.92 Å². The van der Waals surface area contributed by atoms with Crippen molar-refractivity contribution in [3.05, 3.63) is 29.3 Å². The van der Waals surface area contributed by atoms with Crippen molar-refractivity contribution >= 4 is 17.7 Å². The van der Waals surface area contributed by atoms with Gasteiger partial charge in [0.1, 0.15) is 0 Å². The van der Waals surface area contributed by atoms with Crippen molar-refractivity contribution in [1.29, 1.82) is 0 Å². The summed E-state index contributed by atoms with van der Waals surface area (Å²) in [7, 11) is 0. The van der Waals surface area contributed by atoms with Crippen LogP contribution in [0.25, 0.3) is 0 Å². The number of hydrogen-bond acceptors (Lipinski definition) is 2. The van der Waals surface area contributed by atoms with Gasteiger partial charge in [-0.1, -0.05) is 13.3 Å². The Kier molecular flexibility index (Phi) is 4.83. The van der Waals surface area contributed by atoms with Gasteiger partial charge in [0, 0.05) is 18.8 Å². The summed E-state index contributed by atoms with van der Waals surface area (Å²) in [6.07, 6.45) is 3.33. The fraction of sp³-hybridized carbons (Fsp3) is 0.500. The highest BCUT2D eigenvalue weighted by Gasteiger charge is 2.22. The Hall–Kier alpha value is -2.04. The number of amides is 2. The zero-order valence-corrected chi connectivity index (χ0v) is 12.6. The second-order valence-electron chi connectivity index (χ2n) is 5.63. The molecule has 1 heterocycles. The molecule has 21 heavy (non-hydrogen) atoms. The number of aromatic carboxylic acids is 1.